The summed E-state index contributed by atoms with van der Waals surface area (Å²) in [6, 6.07) is 5.67. The molecule has 0 atom stereocenters. The lowest BCUT2D eigenvalue weighted by atomic mass is 10.1. The highest BCUT2D eigenvalue weighted by Gasteiger charge is 2.21. The van der Waals surface area contributed by atoms with Crippen LogP contribution in [0.1, 0.15) is 11.1 Å². The Labute approximate surface area is 112 Å². The summed E-state index contributed by atoms with van der Waals surface area (Å²) in [4.78, 5) is 17.4. The molecule has 3 N–H and O–H groups in total. The van der Waals surface area contributed by atoms with Crippen molar-refractivity contribution in [1.29, 1.82) is 0 Å². The van der Waals surface area contributed by atoms with E-state index < -0.39 is 0 Å². The highest BCUT2D eigenvalue weighted by molar-refractivity contribution is 6.03. The van der Waals surface area contributed by atoms with E-state index in [-0.39, 0.29) is 24.4 Å². The fourth-order valence-corrected chi connectivity index (χ4v) is 1.86. The first-order chi connectivity index (χ1) is 8.09. The third kappa shape index (κ3) is 2.73. The molecule has 0 spiro atoms. The van der Waals surface area contributed by atoms with Crippen LogP contribution in [-0.2, 0) is 0 Å². The molecule has 1 aliphatic heterocycles. The van der Waals surface area contributed by atoms with E-state index in [0.29, 0.717) is 13.1 Å². The van der Waals surface area contributed by atoms with Gasteiger partial charge in [-0.25, -0.2) is 4.79 Å². The number of anilines is 1. The highest BCUT2D eigenvalue weighted by atomic mass is 35.5. The highest BCUT2D eigenvalue weighted by Crippen LogP contribution is 2.20. The van der Waals surface area contributed by atoms with Crippen LogP contribution in [0.15, 0.2) is 23.2 Å². The Kier molecular flexibility index (Phi) is 4.55. The molecule has 98 valence electrons. The number of para-hydroxylation sites is 1. The van der Waals surface area contributed by atoms with Crippen molar-refractivity contribution in [3.63, 3.8) is 0 Å². The Morgan fingerprint density at radius 2 is 2.00 bits per heavy atom. The second-order valence-corrected chi connectivity index (χ2v) is 4.09. The number of nitrogens with two attached hydrogens (primary N) is 1. The molecule has 1 heterocycles. The molecule has 0 saturated heterocycles. The molecule has 0 aliphatic carbocycles. The minimum Gasteiger partial charge on any atom is -0.369 e. The van der Waals surface area contributed by atoms with E-state index in [1.807, 2.05) is 32.0 Å². The minimum atomic E-state index is -0.221. The van der Waals surface area contributed by atoms with Crippen molar-refractivity contribution in [3.8, 4) is 0 Å². The number of aliphatic imine (C=N–C) groups is 1. The predicted molar refractivity (Wildman–Crippen MR) is 75.4 cm³/mol. The average molecular weight is 269 g/mol. The fourth-order valence-electron chi connectivity index (χ4n) is 1.86. The van der Waals surface area contributed by atoms with Crippen molar-refractivity contribution < 1.29 is 4.79 Å². The predicted octanol–water partition coefficient (Wildman–Crippen LogP) is 1.89. The molecule has 2 amide bonds. The van der Waals surface area contributed by atoms with E-state index in [4.69, 9.17) is 5.73 Å². The summed E-state index contributed by atoms with van der Waals surface area (Å²) in [7, 11) is 0. The number of nitrogens with zero attached hydrogens (tertiary/aromatic N) is 2. The van der Waals surface area contributed by atoms with Gasteiger partial charge >= 0.3 is 6.03 Å². The molecule has 0 radical (unpaired) electrons. The van der Waals surface area contributed by atoms with E-state index in [1.165, 1.54) is 4.90 Å². The maximum Gasteiger partial charge on any atom is 0.328 e. The standard InChI is InChI=1S/C12H16N4O.ClH/c1-8-4-3-5-9(2)10(8)15-12(17)16-7-6-14-11(16)13;/h3-5H,6-7H2,1-2H3,(H2,13,14)(H,15,17);1H. The van der Waals surface area contributed by atoms with Crippen LogP contribution in [0.2, 0.25) is 0 Å². The molecule has 0 saturated carbocycles. The summed E-state index contributed by atoms with van der Waals surface area (Å²) in [5, 5.41) is 2.88. The molecular formula is C12H17ClN4O. The normalized spacial score (nSPS) is 13.9. The maximum absolute atomic E-state index is 12.0. The summed E-state index contributed by atoms with van der Waals surface area (Å²) in [5.74, 6) is 0.286. The molecule has 1 aliphatic rings. The lowest BCUT2D eigenvalue weighted by Gasteiger charge is -2.18. The molecule has 6 heteroatoms. The van der Waals surface area contributed by atoms with Crippen molar-refractivity contribution >= 4 is 30.1 Å². The van der Waals surface area contributed by atoms with E-state index in [0.717, 1.165) is 16.8 Å². The van der Waals surface area contributed by atoms with Gasteiger partial charge in [0.15, 0.2) is 5.96 Å². The van der Waals surface area contributed by atoms with Crippen molar-refractivity contribution in [2.75, 3.05) is 18.4 Å². The van der Waals surface area contributed by atoms with Crippen LogP contribution in [0, 0.1) is 13.8 Å². The molecule has 0 bridgehead atoms. The Morgan fingerprint density at radius 1 is 1.39 bits per heavy atom. The van der Waals surface area contributed by atoms with Crippen molar-refractivity contribution in [2.24, 2.45) is 10.7 Å². The molecule has 5 nitrogen and oxygen atoms in total. The molecule has 0 fully saturated rings. The van der Waals surface area contributed by atoms with Crippen LogP contribution in [-0.4, -0.2) is 30.0 Å². The van der Waals surface area contributed by atoms with E-state index in [2.05, 4.69) is 10.3 Å². The van der Waals surface area contributed by atoms with Gasteiger partial charge in [-0.1, -0.05) is 18.2 Å². The number of carbonyl (C=O) groups excluding carboxylic acids is 1. The number of benzene rings is 1. The number of carbonyl (C=O) groups is 1. The van der Waals surface area contributed by atoms with Crippen molar-refractivity contribution in [3.05, 3.63) is 29.3 Å². The summed E-state index contributed by atoms with van der Waals surface area (Å²) >= 11 is 0. The van der Waals surface area contributed by atoms with Gasteiger partial charge in [0, 0.05) is 5.69 Å². The number of aryl methyl sites for hydroxylation is 2. The SMILES string of the molecule is Cc1cccc(C)c1NC(=O)N1CCN=C1N.Cl. The molecule has 2 rings (SSSR count). The Bertz CT molecular complexity index is 467. The van der Waals surface area contributed by atoms with Crippen LogP contribution in [0.4, 0.5) is 10.5 Å². The smallest absolute Gasteiger partial charge is 0.328 e. The third-order valence-corrected chi connectivity index (χ3v) is 2.83. The van der Waals surface area contributed by atoms with Gasteiger partial charge in [0.05, 0.1) is 13.1 Å². The van der Waals surface area contributed by atoms with Gasteiger partial charge in [0.2, 0.25) is 0 Å². The maximum atomic E-state index is 12.0. The zero-order valence-corrected chi connectivity index (χ0v) is 11.3. The number of nitrogens with one attached hydrogen (secondary N) is 1. The van der Waals surface area contributed by atoms with Crippen LogP contribution >= 0.6 is 12.4 Å². The van der Waals surface area contributed by atoms with Gasteiger partial charge in [0.25, 0.3) is 0 Å². The zero-order valence-electron chi connectivity index (χ0n) is 10.4. The van der Waals surface area contributed by atoms with Crippen molar-refractivity contribution in [2.45, 2.75) is 13.8 Å². The molecule has 0 unspecified atom stereocenters. The fraction of sp³-hybridized carbons (Fsp3) is 0.333. The largest absolute Gasteiger partial charge is 0.369 e. The van der Waals surface area contributed by atoms with Crippen LogP contribution in [0.5, 0.6) is 0 Å². The Balaban J connectivity index is 0.00000162. The third-order valence-electron chi connectivity index (χ3n) is 2.83. The molecule has 1 aromatic carbocycles. The average Bonchev–Trinajstić information content (AvgIpc) is 2.70. The molecule has 1 aromatic rings. The van der Waals surface area contributed by atoms with Gasteiger partial charge in [-0.15, -0.1) is 12.4 Å². The number of urea groups is 1. The lowest BCUT2D eigenvalue weighted by molar-refractivity contribution is 0.236. The van der Waals surface area contributed by atoms with E-state index >= 15 is 0 Å². The first kappa shape index (κ1) is 14.3. The number of guanidine groups is 1. The second kappa shape index (κ2) is 5.73. The van der Waals surface area contributed by atoms with Crippen molar-refractivity contribution in [1.82, 2.24) is 4.90 Å². The van der Waals surface area contributed by atoms with Crippen LogP contribution < -0.4 is 11.1 Å². The Morgan fingerprint density at radius 3 is 2.50 bits per heavy atom. The summed E-state index contributed by atoms with van der Waals surface area (Å²) in [6.07, 6.45) is 0. The number of hydrogen-bond acceptors (Lipinski definition) is 3. The second-order valence-electron chi connectivity index (χ2n) is 4.09. The Hall–Kier alpha value is -1.75. The first-order valence-electron chi connectivity index (χ1n) is 5.54. The molecule has 18 heavy (non-hydrogen) atoms. The number of amides is 2. The van der Waals surface area contributed by atoms with E-state index in [9.17, 15) is 4.79 Å². The summed E-state index contributed by atoms with van der Waals surface area (Å²) < 4.78 is 0. The van der Waals surface area contributed by atoms with Gasteiger partial charge in [-0.3, -0.25) is 9.89 Å². The van der Waals surface area contributed by atoms with Crippen LogP contribution in [0.3, 0.4) is 0 Å². The summed E-state index contributed by atoms with van der Waals surface area (Å²) in [6.45, 7) is 5.04. The zero-order chi connectivity index (χ0) is 12.4. The monoisotopic (exact) mass is 268 g/mol. The van der Waals surface area contributed by atoms with E-state index in [1.54, 1.807) is 0 Å². The van der Waals surface area contributed by atoms with Gasteiger partial charge in [0.1, 0.15) is 0 Å². The quantitative estimate of drug-likeness (QED) is 0.816. The number of halogens is 1. The number of hydrogen-bond donors (Lipinski definition) is 2. The molecule has 0 aromatic heterocycles. The summed E-state index contributed by atoms with van der Waals surface area (Å²) in [5.41, 5.74) is 8.54. The van der Waals surface area contributed by atoms with Crippen LogP contribution in [0.25, 0.3) is 0 Å². The topological polar surface area (TPSA) is 70.7 Å². The number of rotatable bonds is 1. The van der Waals surface area contributed by atoms with Gasteiger partial charge in [-0.05, 0) is 25.0 Å². The van der Waals surface area contributed by atoms with Gasteiger partial charge < -0.3 is 11.1 Å². The molecular weight excluding hydrogens is 252 g/mol. The first-order valence-corrected chi connectivity index (χ1v) is 5.54. The lowest BCUT2D eigenvalue weighted by Crippen LogP contribution is -2.41. The minimum absolute atomic E-state index is 0. The van der Waals surface area contributed by atoms with Gasteiger partial charge in [-0.2, -0.15) is 0 Å².